The van der Waals surface area contributed by atoms with Gasteiger partial charge in [0.2, 0.25) is 0 Å². The minimum atomic E-state index is -0.156. The van der Waals surface area contributed by atoms with Crippen molar-refractivity contribution in [1.82, 2.24) is 30.6 Å². The zero-order chi connectivity index (χ0) is 17.8. The van der Waals surface area contributed by atoms with Crippen LogP contribution in [0.1, 0.15) is 65.5 Å². The molecule has 0 bridgehead atoms. The Labute approximate surface area is 152 Å². The lowest BCUT2D eigenvalue weighted by Gasteiger charge is -2.23. The first kappa shape index (κ1) is 18.0. The molecule has 1 saturated heterocycles. The van der Waals surface area contributed by atoms with E-state index >= 15 is 0 Å². The molecule has 1 aliphatic heterocycles. The van der Waals surface area contributed by atoms with Crippen molar-refractivity contribution in [3.63, 3.8) is 0 Å². The highest BCUT2D eigenvalue weighted by atomic mass is 32.1. The number of amides is 1. The average Bonchev–Trinajstić information content (AvgIpc) is 3.22. The van der Waals surface area contributed by atoms with E-state index in [0.717, 1.165) is 48.7 Å². The van der Waals surface area contributed by atoms with Crippen LogP contribution in [-0.2, 0) is 6.42 Å². The summed E-state index contributed by atoms with van der Waals surface area (Å²) < 4.78 is 1.91. The minimum absolute atomic E-state index is 0.156. The van der Waals surface area contributed by atoms with Crippen molar-refractivity contribution in [2.75, 3.05) is 19.6 Å². The van der Waals surface area contributed by atoms with Crippen LogP contribution >= 0.6 is 11.3 Å². The molecule has 0 radical (unpaired) electrons. The van der Waals surface area contributed by atoms with E-state index in [1.807, 2.05) is 11.6 Å². The van der Waals surface area contributed by atoms with Gasteiger partial charge in [0.15, 0.2) is 5.69 Å². The van der Waals surface area contributed by atoms with Gasteiger partial charge in [-0.2, -0.15) is 0 Å². The van der Waals surface area contributed by atoms with Crippen LogP contribution in [0.4, 0.5) is 0 Å². The van der Waals surface area contributed by atoms with E-state index in [4.69, 9.17) is 0 Å². The number of carbonyl (C=O) groups is 1. The van der Waals surface area contributed by atoms with E-state index in [-0.39, 0.29) is 5.91 Å². The second kappa shape index (κ2) is 8.05. The summed E-state index contributed by atoms with van der Waals surface area (Å²) >= 11 is 1.68. The average molecular weight is 363 g/mol. The van der Waals surface area contributed by atoms with Crippen LogP contribution < -0.4 is 10.6 Å². The number of rotatable bonds is 6. The fraction of sp³-hybridized carbons (Fsp3) is 0.647. The quantitative estimate of drug-likeness (QED) is 0.822. The predicted molar refractivity (Wildman–Crippen MR) is 98.1 cm³/mol. The number of nitrogens with one attached hydrogen (secondary N) is 2. The molecule has 2 aromatic heterocycles. The summed E-state index contributed by atoms with van der Waals surface area (Å²) in [5.41, 5.74) is 2.31. The Hall–Kier alpha value is -1.80. The van der Waals surface area contributed by atoms with Gasteiger partial charge in [0, 0.05) is 24.3 Å². The highest BCUT2D eigenvalue weighted by Crippen LogP contribution is 2.21. The number of hydrogen-bond donors (Lipinski definition) is 2. The zero-order valence-electron chi connectivity index (χ0n) is 15.1. The summed E-state index contributed by atoms with van der Waals surface area (Å²) in [6.45, 7) is 8.72. The van der Waals surface area contributed by atoms with Gasteiger partial charge in [-0.3, -0.25) is 4.79 Å². The van der Waals surface area contributed by atoms with Gasteiger partial charge in [-0.15, -0.1) is 16.4 Å². The van der Waals surface area contributed by atoms with Gasteiger partial charge in [0.05, 0.1) is 22.4 Å². The fourth-order valence-electron chi connectivity index (χ4n) is 3.04. The smallest absolute Gasteiger partial charge is 0.273 e. The number of thiazole rings is 1. The molecule has 7 nitrogen and oxygen atoms in total. The number of aromatic nitrogens is 4. The molecule has 0 spiro atoms. The van der Waals surface area contributed by atoms with Crippen LogP contribution in [0.2, 0.25) is 0 Å². The zero-order valence-corrected chi connectivity index (χ0v) is 15.9. The first-order valence-electron chi connectivity index (χ1n) is 8.91. The van der Waals surface area contributed by atoms with E-state index in [9.17, 15) is 4.79 Å². The summed E-state index contributed by atoms with van der Waals surface area (Å²) in [6, 6.07) is 0.333. The lowest BCUT2D eigenvalue weighted by molar-refractivity contribution is 0.0948. The molecular weight excluding hydrogens is 336 g/mol. The molecule has 136 valence electrons. The Bertz CT molecular complexity index is 717. The second-order valence-corrected chi connectivity index (χ2v) is 7.68. The Kier molecular flexibility index (Phi) is 5.80. The van der Waals surface area contributed by atoms with Gasteiger partial charge in [0.25, 0.3) is 5.91 Å². The van der Waals surface area contributed by atoms with Crippen LogP contribution in [-0.4, -0.2) is 45.5 Å². The molecule has 8 heteroatoms. The summed E-state index contributed by atoms with van der Waals surface area (Å²) in [4.78, 5) is 17.0. The molecule has 3 heterocycles. The monoisotopic (exact) mass is 362 g/mol. The predicted octanol–water partition coefficient (Wildman–Crippen LogP) is 2.06. The third kappa shape index (κ3) is 4.24. The Morgan fingerprint density at radius 2 is 2.20 bits per heavy atom. The SMILES string of the molecule is Cc1c(C(=O)NCCc2csc(C(C)C)n2)nnn1C1CCNCC1. The van der Waals surface area contributed by atoms with Crippen molar-refractivity contribution in [2.24, 2.45) is 0 Å². The van der Waals surface area contributed by atoms with Crippen LogP contribution in [0.5, 0.6) is 0 Å². The van der Waals surface area contributed by atoms with Gasteiger partial charge in [0.1, 0.15) is 0 Å². The van der Waals surface area contributed by atoms with E-state index < -0.39 is 0 Å². The van der Waals surface area contributed by atoms with Crippen molar-refractivity contribution >= 4 is 17.2 Å². The highest BCUT2D eigenvalue weighted by molar-refractivity contribution is 7.09. The summed E-state index contributed by atoms with van der Waals surface area (Å²) in [5.74, 6) is 0.290. The van der Waals surface area contributed by atoms with E-state index in [0.29, 0.717) is 24.2 Å². The molecule has 1 aliphatic rings. The first-order valence-corrected chi connectivity index (χ1v) is 9.79. The summed E-state index contributed by atoms with van der Waals surface area (Å²) in [5, 5.41) is 17.8. The van der Waals surface area contributed by atoms with E-state index in [1.165, 1.54) is 0 Å². The van der Waals surface area contributed by atoms with Crippen LogP contribution in [0.3, 0.4) is 0 Å². The molecular formula is C17H26N6OS. The topological polar surface area (TPSA) is 84.7 Å². The molecule has 0 aliphatic carbocycles. The Balaban J connectivity index is 1.55. The molecule has 25 heavy (non-hydrogen) atoms. The van der Waals surface area contributed by atoms with E-state index in [2.05, 4.69) is 45.2 Å². The molecule has 1 fully saturated rings. The molecule has 0 atom stereocenters. The Morgan fingerprint density at radius 3 is 2.88 bits per heavy atom. The lowest BCUT2D eigenvalue weighted by atomic mass is 10.1. The maximum atomic E-state index is 12.4. The summed E-state index contributed by atoms with van der Waals surface area (Å²) in [6.07, 6.45) is 2.77. The van der Waals surface area contributed by atoms with Gasteiger partial charge >= 0.3 is 0 Å². The van der Waals surface area contributed by atoms with Crippen molar-refractivity contribution in [3.05, 3.63) is 27.5 Å². The minimum Gasteiger partial charge on any atom is -0.350 e. The maximum absolute atomic E-state index is 12.4. The van der Waals surface area contributed by atoms with E-state index in [1.54, 1.807) is 11.3 Å². The van der Waals surface area contributed by atoms with Gasteiger partial charge in [-0.25, -0.2) is 9.67 Å². The van der Waals surface area contributed by atoms with Crippen molar-refractivity contribution in [1.29, 1.82) is 0 Å². The molecule has 1 amide bonds. The third-order valence-electron chi connectivity index (χ3n) is 4.53. The van der Waals surface area contributed by atoms with Crippen molar-refractivity contribution < 1.29 is 4.79 Å². The second-order valence-electron chi connectivity index (χ2n) is 6.79. The number of hydrogen-bond acceptors (Lipinski definition) is 6. The molecule has 2 aromatic rings. The molecule has 0 aromatic carbocycles. The third-order valence-corrected chi connectivity index (χ3v) is 5.72. The molecule has 0 saturated carbocycles. The molecule has 2 N–H and O–H groups in total. The maximum Gasteiger partial charge on any atom is 0.273 e. The number of carbonyl (C=O) groups excluding carboxylic acids is 1. The highest BCUT2D eigenvalue weighted by Gasteiger charge is 2.22. The van der Waals surface area contributed by atoms with Gasteiger partial charge < -0.3 is 10.6 Å². The van der Waals surface area contributed by atoms with Gasteiger partial charge in [-0.05, 0) is 32.9 Å². The van der Waals surface area contributed by atoms with Gasteiger partial charge in [-0.1, -0.05) is 19.1 Å². The van der Waals surface area contributed by atoms with Crippen LogP contribution in [0, 0.1) is 6.92 Å². The largest absolute Gasteiger partial charge is 0.350 e. The Morgan fingerprint density at radius 1 is 1.44 bits per heavy atom. The number of piperidine rings is 1. The van der Waals surface area contributed by atoms with Crippen molar-refractivity contribution in [3.8, 4) is 0 Å². The lowest BCUT2D eigenvalue weighted by Crippen LogP contribution is -2.30. The fourth-order valence-corrected chi connectivity index (χ4v) is 3.91. The molecule has 3 rings (SSSR count). The number of nitrogens with zero attached hydrogens (tertiary/aromatic N) is 4. The summed E-state index contributed by atoms with van der Waals surface area (Å²) in [7, 11) is 0. The molecule has 0 unspecified atom stereocenters. The van der Waals surface area contributed by atoms with Crippen LogP contribution in [0.25, 0.3) is 0 Å². The first-order chi connectivity index (χ1) is 12.1. The van der Waals surface area contributed by atoms with Crippen LogP contribution in [0.15, 0.2) is 5.38 Å². The normalized spacial score (nSPS) is 15.7. The standard InChI is InChI=1S/C17H26N6OS/c1-11(2)17-20-13(10-25-17)4-9-19-16(24)15-12(3)23(22-21-15)14-5-7-18-8-6-14/h10-11,14,18H,4-9H2,1-3H3,(H,19,24). The van der Waals surface area contributed by atoms with Crippen molar-refractivity contribution in [2.45, 2.75) is 52.0 Å².